The van der Waals surface area contributed by atoms with Gasteiger partial charge in [0.1, 0.15) is 5.82 Å². The van der Waals surface area contributed by atoms with Gasteiger partial charge in [0, 0.05) is 11.4 Å². The molecule has 0 aliphatic heterocycles. The highest BCUT2D eigenvalue weighted by Gasteiger charge is 2.14. The van der Waals surface area contributed by atoms with Crippen molar-refractivity contribution >= 4 is 22.9 Å². The van der Waals surface area contributed by atoms with Gasteiger partial charge in [-0.2, -0.15) is 0 Å². The number of halogens is 1. The van der Waals surface area contributed by atoms with Crippen LogP contribution in [-0.2, 0) is 6.54 Å². The topological polar surface area (TPSA) is 54.0 Å². The number of benzene rings is 1. The van der Waals surface area contributed by atoms with Crippen molar-refractivity contribution in [1.29, 1.82) is 0 Å². The highest BCUT2D eigenvalue weighted by molar-refractivity contribution is 7.09. The molecule has 2 aromatic rings. The Morgan fingerprint density at radius 2 is 2.25 bits per heavy atom. The Morgan fingerprint density at radius 3 is 2.90 bits per heavy atom. The average molecular weight is 293 g/mol. The van der Waals surface area contributed by atoms with Crippen LogP contribution in [0.25, 0.3) is 0 Å². The minimum absolute atomic E-state index is 0.244. The van der Waals surface area contributed by atoms with Gasteiger partial charge in [-0.3, -0.25) is 4.79 Å². The van der Waals surface area contributed by atoms with Crippen LogP contribution < -0.4 is 10.6 Å². The van der Waals surface area contributed by atoms with E-state index in [4.69, 9.17) is 0 Å². The number of carbonyl (C=O) groups excluding carboxylic acids is 1. The van der Waals surface area contributed by atoms with E-state index in [0.29, 0.717) is 18.7 Å². The first-order valence-corrected chi connectivity index (χ1v) is 7.21. The second-order valence-electron chi connectivity index (χ2n) is 4.24. The van der Waals surface area contributed by atoms with Gasteiger partial charge in [-0.1, -0.05) is 6.07 Å². The van der Waals surface area contributed by atoms with E-state index in [1.54, 1.807) is 11.6 Å². The van der Waals surface area contributed by atoms with Crippen LogP contribution in [0.15, 0.2) is 23.7 Å². The number of carbonyl (C=O) groups is 1. The lowest BCUT2D eigenvalue weighted by Crippen LogP contribution is -2.24. The lowest BCUT2D eigenvalue weighted by atomic mass is 10.1. The number of nitrogens with zero attached hydrogens (tertiary/aromatic N) is 1. The van der Waals surface area contributed by atoms with E-state index >= 15 is 0 Å². The maximum absolute atomic E-state index is 13.7. The van der Waals surface area contributed by atoms with Gasteiger partial charge < -0.3 is 10.6 Å². The number of hydrogen-bond acceptors (Lipinski definition) is 4. The van der Waals surface area contributed by atoms with Crippen LogP contribution in [0.1, 0.15) is 27.9 Å². The summed E-state index contributed by atoms with van der Waals surface area (Å²) in [6, 6.07) is 4.47. The standard InChI is InChI=1S/C14H16FN3OS/c1-3-16-13-10(5-4-6-11(13)15)14(19)17-7-12-9(2)18-8-20-12/h4-6,8,16H,3,7H2,1-2H3,(H,17,19). The molecule has 0 unspecified atom stereocenters. The minimum Gasteiger partial charge on any atom is -0.382 e. The molecule has 0 bridgehead atoms. The monoisotopic (exact) mass is 293 g/mol. The largest absolute Gasteiger partial charge is 0.382 e. The molecule has 1 heterocycles. The molecule has 20 heavy (non-hydrogen) atoms. The molecule has 0 aliphatic rings. The molecule has 0 saturated carbocycles. The lowest BCUT2D eigenvalue weighted by Gasteiger charge is -2.11. The molecule has 1 aromatic heterocycles. The molecule has 1 aromatic carbocycles. The zero-order valence-corrected chi connectivity index (χ0v) is 12.2. The summed E-state index contributed by atoms with van der Waals surface area (Å²) in [7, 11) is 0. The predicted octanol–water partition coefficient (Wildman–Crippen LogP) is 2.95. The molecule has 106 valence electrons. The van der Waals surface area contributed by atoms with Gasteiger partial charge in [0.25, 0.3) is 5.91 Å². The van der Waals surface area contributed by atoms with Gasteiger partial charge >= 0.3 is 0 Å². The number of aryl methyl sites for hydroxylation is 1. The van der Waals surface area contributed by atoms with E-state index in [9.17, 15) is 9.18 Å². The normalized spacial score (nSPS) is 10.3. The van der Waals surface area contributed by atoms with E-state index in [2.05, 4.69) is 15.6 Å². The molecule has 6 heteroatoms. The maximum Gasteiger partial charge on any atom is 0.253 e. The molecule has 0 spiro atoms. The Hall–Kier alpha value is -1.95. The minimum atomic E-state index is -0.423. The van der Waals surface area contributed by atoms with Crippen molar-refractivity contribution in [1.82, 2.24) is 10.3 Å². The SMILES string of the molecule is CCNc1c(F)cccc1C(=O)NCc1scnc1C. The molecule has 4 nitrogen and oxygen atoms in total. The molecule has 0 fully saturated rings. The van der Waals surface area contributed by atoms with Crippen molar-refractivity contribution in [3.05, 3.63) is 45.7 Å². The zero-order valence-electron chi connectivity index (χ0n) is 11.4. The summed E-state index contributed by atoms with van der Waals surface area (Å²) in [6.07, 6.45) is 0. The van der Waals surface area contributed by atoms with E-state index in [-0.39, 0.29) is 11.6 Å². The fourth-order valence-corrected chi connectivity index (χ4v) is 2.54. The van der Waals surface area contributed by atoms with Crippen LogP contribution in [0.2, 0.25) is 0 Å². The molecule has 0 saturated heterocycles. The Kier molecular flexibility index (Phi) is 4.68. The fraction of sp³-hybridized carbons (Fsp3) is 0.286. The Labute approximate surface area is 121 Å². The number of thiazole rings is 1. The summed E-state index contributed by atoms with van der Waals surface area (Å²) in [6.45, 7) is 4.70. The average Bonchev–Trinajstić information content (AvgIpc) is 2.84. The number of hydrogen-bond donors (Lipinski definition) is 2. The first-order valence-electron chi connectivity index (χ1n) is 6.33. The number of nitrogens with one attached hydrogen (secondary N) is 2. The molecule has 1 amide bonds. The van der Waals surface area contributed by atoms with Crippen molar-refractivity contribution < 1.29 is 9.18 Å². The lowest BCUT2D eigenvalue weighted by molar-refractivity contribution is 0.0951. The highest BCUT2D eigenvalue weighted by atomic mass is 32.1. The van der Waals surface area contributed by atoms with Crippen LogP contribution in [0.4, 0.5) is 10.1 Å². The molecular weight excluding hydrogens is 277 g/mol. The summed E-state index contributed by atoms with van der Waals surface area (Å²) >= 11 is 1.49. The molecular formula is C14H16FN3OS. The van der Waals surface area contributed by atoms with Gasteiger partial charge in [0.15, 0.2) is 0 Å². The zero-order chi connectivity index (χ0) is 14.5. The van der Waals surface area contributed by atoms with Gasteiger partial charge in [0.2, 0.25) is 0 Å². The van der Waals surface area contributed by atoms with Crippen LogP contribution >= 0.6 is 11.3 Å². The van der Waals surface area contributed by atoms with Crippen LogP contribution in [-0.4, -0.2) is 17.4 Å². The maximum atomic E-state index is 13.7. The summed E-state index contributed by atoms with van der Waals surface area (Å²) in [5.74, 6) is -0.721. The third-order valence-electron chi connectivity index (χ3n) is 2.87. The molecule has 2 rings (SSSR count). The first-order chi connectivity index (χ1) is 9.63. The molecule has 0 atom stereocenters. The Bertz CT molecular complexity index is 612. The predicted molar refractivity (Wildman–Crippen MR) is 78.6 cm³/mol. The van der Waals surface area contributed by atoms with E-state index in [1.165, 1.54) is 23.5 Å². The van der Waals surface area contributed by atoms with Crippen molar-refractivity contribution in [2.75, 3.05) is 11.9 Å². The molecule has 0 radical (unpaired) electrons. The van der Waals surface area contributed by atoms with Crippen LogP contribution in [0, 0.1) is 12.7 Å². The van der Waals surface area contributed by atoms with Gasteiger partial charge in [-0.15, -0.1) is 11.3 Å². The highest BCUT2D eigenvalue weighted by Crippen LogP contribution is 2.20. The third-order valence-corrected chi connectivity index (χ3v) is 3.80. The molecule has 0 aliphatic carbocycles. The van der Waals surface area contributed by atoms with Gasteiger partial charge in [-0.25, -0.2) is 9.37 Å². The van der Waals surface area contributed by atoms with Crippen molar-refractivity contribution in [3.8, 4) is 0 Å². The van der Waals surface area contributed by atoms with Gasteiger partial charge in [-0.05, 0) is 26.0 Å². The Balaban J connectivity index is 2.13. The van der Waals surface area contributed by atoms with Crippen molar-refractivity contribution in [2.45, 2.75) is 20.4 Å². The number of rotatable bonds is 5. The Morgan fingerprint density at radius 1 is 1.45 bits per heavy atom. The van der Waals surface area contributed by atoms with E-state index in [0.717, 1.165) is 10.6 Å². The van der Waals surface area contributed by atoms with Crippen LogP contribution in [0.3, 0.4) is 0 Å². The summed E-state index contributed by atoms with van der Waals surface area (Å²) in [4.78, 5) is 17.3. The fourth-order valence-electron chi connectivity index (χ4n) is 1.82. The summed E-state index contributed by atoms with van der Waals surface area (Å²) < 4.78 is 13.7. The van der Waals surface area contributed by atoms with E-state index in [1.807, 2.05) is 13.8 Å². The summed E-state index contributed by atoms with van der Waals surface area (Å²) in [5, 5.41) is 5.68. The second-order valence-corrected chi connectivity index (χ2v) is 5.18. The first kappa shape index (κ1) is 14.5. The molecule has 2 N–H and O–H groups in total. The van der Waals surface area contributed by atoms with Crippen molar-refractivity contribution in [2.24, 2.45) is 0 Å². The second kappa shape index (κ2) is 6.47. The van der Waals surface area contributed by atoms with Crippen molar-refractivity contribution in [3.63, 3.8) is 0 Å². The smallest absolute Gasteiger partial charge is 0.253 e. The van der Waals surface area contributed by atoms with Gasteiger partial charge in [0.05, 0.1) is 29.0 Å². The van der Waals surface area contributed by atoms with Crippen LogP contribution in [0.5, 0.6) is 0 Å². The summed E-state index contributed by atoms with van der Waals surface area (Å²) in [5.41, 5.74) is 3.20. The van der Waals surface area contributed by atoms with E-state index < -0.39 is 5.82 Å². The number of anilines is 1. The quantitative estimate of drug-likeness (QED) is 0.891. The number of amides is 1. The number of para-hydroxylation sites is 1. The number of aromatic nitrogens is 1. The third kappa shape index (κ3) is 3.14.